The van der Waals surface area contributed by atoms with Crippen molar-refractivity contribution in [3.63, 3.8) is 0 Å². The molecule has 4 N–H and O–H groups in total. The maximum absolute atomic E-state index is 12.4. The second-order valence-corrected chi connectivity index (χ2v) is 6.87. The molecule has 0 aromatic heterocycles. The van der Waals surface area contributed by atoms with Crippen LogP contribution >= 0.6 is 0 Å². The van der Waals surface area contributed by atoms with Gasteiger partial charge in [-0.05, 0) is 43.2 Å². The predicted molar refractivity (Wildman–Crippen MR) is 90.2 cm³/mol. The van der Waals surface area contributed by atoms with Crippen molar-refractivity contribution in [2.24, 2.45) is 5.73 Å². The monoisotopic (exact) mass is 347 g/mol. The van der Waals surface area contributed by atoms with Crippen LogP contribution in [-0.4, -0.2) is 20.4 Å². The molecular formula is C16H17N3O4S. The lowest BCUT2D eigenvalue weighted by atomic mass is 10.1. The lowest BCUT2D eigenvalue weighted by molar-refractivity contribution is 0.0981. The summed E-state index contributed by atoms with van der Waals surface area (Å²) in [6.45, 7) is 3.30. The van der Waals surface area contributed by atoms with Crippen LogP contribution < -0.4 is 15.8 Å². The van der Waals surface area contributed by atoms with Crippen molar-refractivity contribution >= 4 is 27.6 Å². The summed E-state index contributed by atoms with van der Waals surface area (Å²) in [5, 5.41) is 2.34. The molecule has 0 aliphatic heterocycles. The SMILES string of the molecule is Cc1ccc(NC(N)=O)cc1C(=O)NS(=O)(=O)c1ccccc1C. The molecule has 2 rings (SSSR count). The molecule has 0 radical (unpaired) electrons. The number of carbonyl (C=O) groups is 2. The van der Waals surface area contributed by atoms with E-state index in [1.54, 1.807) is 44.2 Å². The average Bonchev–Trinajstić information content (AvgIpc) is 2.48. The number of aryl methyl sites for hydroxylation is 2. The Kier molecular flexibility index (Phi) is 4.89. The van der Waals surface area contributed by atoms with E-state index < -0.39 is 22.0 Å². The lowest BCUT2D eigenvalue weighted by Crippen LogP contribution is -2.31. The van der Waals surface area contributed by atoms with Crippen LogP contribution in [0.4, 0.5) is 10.5 Å². The highest BCUT2D eigenvalue weighted by molar-refractivity contribution is 7.90. The van der Waals surface area contributed by atoms with E-state index in [2.05, 4.69) is 5.32 Å². The summed E-state index contributed by atoms with van der Waals surface area (Å²) in [7, 11) is -4.00. The van der Waals surface area contributed by atoms with Crippen LogP contribution in [0.1, 0.15) is 21.5 Å². The van der Waals surface area contributed by atoms with Crippen LogP contribution in [0.3, 0.4) is 0 Å². The van der Waals surface area contributed by atoms with Gasteiger partial charge >= 0.3 is 6.03 Å². The topological polar surface area (TPSA) is 118 Å². The number of sulfonamides is 1. The number of hydrogen-bond donors (Lipinski definition) is 3. The summed E-state index contributed by atoms with van der Waals surface area (Å²) in [5.41, 5.74) is 6.54. The first-order valence-electron chi connectivity index (χ1n) is 7.00. The van der Waals surface area contributed by atoms with Crippen molar-refractivity contribution in [1.29, 1.82) is 0 Å². The summed E-state index contributed by atoms with van der Waals surface area (Å²) >= 11 is 0. The van der Waals surface area contributed by atoms with Crippen molar-refractivity contribution in [3.05, 3.63) is 59.2 Å². The average molecular weight is 347 g/mol. The van der Waals surface area contributed by atoms with Crippen molar-refractivity contribution in [3.8, 4) is 0 Å². The minimum Gasteiger partial charge on any atom is -0.351 e. The maximum atomic E-state index is 12.4. The van der Waals surface area contributed by atoms with E-state index in [-0.39, 0.29) is 10.5 Å². The van der Waals surface area contributed by atoms with Gasteiger partial charge < -0.3 is 11.1 Å². The Morgan fingerprint density at radius 3 is 2.29 bits per heavy atom. The highest BCUT2D eigenvalue weighted by atomic mass is 32.2. The van der Waals surface area contributed by atoms with Gasteiger partial charge in [-0.15, -0.1) is 0 Å². The van der Waals surface area contributed by atoms with Gasteiger partial charge in [-0.1, -0.05) is 24.3 Å². The zero-order valence-electron chi connectivity index (χ0n) is 13.2. The highest BCUT2D eigenvalue weighted by Gasteiger charge is 2.21. The normalized spacial score (nSPS) is 10.9. The summed E-state index contributed by atoms with van der Waals surface area (Å²) in [6, 6.07) is 10.1. The molecule has 0 bridgehead atoms. The number of hydrogen-bond acceptors (Lipinski definition) is 4. The van der Waals surface area contributed by atoms with Gasteiger partial charge in [0.1, 0.15) is 0 Å². The summed E-state index contributed by atoms with van der Waals surface area (Å²) in [5.74, 6) is -0.788. The third-order valence-corrected chi connectivity index (χ3v) is 4.85. The molecule has 126 valence electrons. The smallest absolute Gasteiger partial charge is 0.316 e. The molecule has 24 heavy (non-hydrogen) atoms. The van der Waals surface area contributed by atoms with Crippen LogP contribution in [0.2, 0.25) is 0 Å². The molecule has 0 aliphatic carbocycles. The quantitative estimate of drug-likeness (QED) is 0.783. The molecule has 0 saturated carbocycles. The van der Waals surface area contributed by atoms with Gasteiger partial charge in [0, 0.05) is 11.3 Å². The fraction of sp³-hybridized carbons (Fsp3) is 0.125. The molecule has 2 aromatic rings. The maximum Gasteiger partial charge on any atom is 0.316 e. The van der Waals surface area contributed by atoms with Crippen molar-refractivity contribution < 1.29 is 18.0 Å². The van der Waals surface area contributed by atoms with E-state index in [9.17, 15) is 18.0 Å². The second-order valence-electron chi connectivity index (χ2n) is 5.22. The fourth-order valence-corrected chi connectivity index (χ4v) is 3.39. The number of anilines is 1. The standard InChI is InChI=1S/C16H17N3O4S/c1-10-7-8-12(18-16(17)21)9-13(10)15(20)19-24(22,23)14-6-4-3-5-11(14)2/h3-9H,1-2H3,(H,19,20)(H3,17,18,21). The fourth-order valence-electron chi connectivity index (χ4n) is 2.18. The van der Waals surface area contributed by atoms with Crippen LogP contribution in [0, 0.1) is 13.8 Å². The number of rotatable bonds is 4. The van der Waals surface area contributed by atoms with Crippen LogP contribution in [0.5, 0.6) is 0 Å². The molecule has 0 fully saturated rings. The summed E-state index contributed by atoms with van der Waals surface area (Å²) < 4.78 is 26.8. The van der Waals surface area contributed by atoms with E-state index in [4.69, 9.17) is 5.73 Å². The first-order chi connectivity index (χ1) is 11.2. The molecule has 0 atom stereocenters. The summed E-state index contributed by atoms with van der Waals surface area (Å²) in [4.78, 5) is 23.3. The van der Waals surface area contributed by atoms with Crippen molar-refractivity contribution in [2.45, 2.75) is 18.7 Å². The lowest BCUT2D eigenvalue weighted by Gasteiger charge is -2.12. The molecule has 8 heteroatoms. The number of nitrogens with two attached hydrogens (primary N) is 1. The predicted octanol–water partition coefficient (Wildman–Crippen LogP) is 1.91. The molecule has 0 heterocycles. The van der Waals surface area contributed by atoms with E-state index in [1.807, 2.05) is 4.72 Å². The number of nitrogens with one attached hydrogen (secondary N) is 2. The molecule has 0 spiro atoms. The van der Waals surface area contributed by atoms with E-state index in [1.165, 1.54) is 12.1 Å². The van der Waals surface area contributed by atoms with Gasteiger partial charge in [0.15, 0.2) is 0 Å². The summed E-state index contributed by atoms with van der Waals surface area (Å²) in [6.07, 6.45) is 0. The molecular weight excluding hydrogens is 330 g/mol. The second kappa shape index (κ2) is 6.71. The van der Waals surface area contributed by atoms with Gasteiger partial charge in [0.2, 0.25) is 0 Å². The van der Waals surface area contributed by atoms with Crippen LogP contribution in [-0.2, 0) is 10.0 Å². The Hall–Kier alpha value is -2.87. The highest BCUT2D eigenvalue weighted by Crippen LogP contribution is 2.18. The first kappa shape index (κ1) is 17.5. The third-order valence-electron chi connectivity index (χ3n) is 3.36. The van der Waals surface area contributed by atoms with Gasteiger partial charge in [-0.3, -0.25) is 4.79 Å². The molecule has 3 amide bonds. The first-order valence-corrected chi connectivity index (χ1v) is 8.49. The minimum atomic E-state index is -4.00. The molecule has 0 saturated heterocycles. The number of primary amides is 1. The Labute approximate surface area is 139 Å². The Morgan fingerprint density at radius 2 is 1.67 bits per heavy atom. The van der Waals surface area contributed by atoms with Gasteiger partial charge in [-0.2, -0.15) is 0 Å². The zero-order chi connectivity index (χ0) is 17.9. The van der Waals surface area contributed by atoms with E-state index in [0.717, 1.165) is 0 Å². The number of carbonyl (C=O) groups excluding carboxylic acids is 2. The molecule has 0 aliphatic rings. The number of urea groups is 1. The van der Waals surface area contributed by atoms with Crippen molar-refractivity contribution in [1.82, 2.24) is 4.72 Å². The zero-order valence-corrected chi connectivity index (χ0v) is 14.0. The van der Waals surface area contributed by atoms with Gasteiger partial charge in [-0.25, -0.2) is 17.9 Å². The van der Waals surface area contributed by atoms with E-state index >= 15 is 0 Å². The van der Waals surface area contributed by atoms with Crippen molar-refractivity contribution in [2.75, 3.05) is 5.32 Å². The third kappa shape index (κ3) is 3.90. The Bertz CT molecular complexity index is 907. The Balaban J connectivity index is 2.33. The Morgan fingerprint density at radius 1 is 1.00 bits per heavy atom. The number of amides is 3. The van der Waals surface area contributed by atoms with E-state index in [0.29, 0.717) is 16.8 Å². The number of benzene rings is 2. The van der Waals surface area contributed by atoms with Crippen LogP contribution in [0.25, 0.3) is 0 Å². The minimum absolute atomic E-state index is 0.0300. The molecule has 0 unspecified atom stereocenters. The molecule has 7 nitrogen and oxygen atoms in total. The van der Waals surface area contributed by atoms with Crippen LogP contribution in [0.15, 0.2) is 47.4 Å². The largest absolute Gasteiger partial charge is 0.351 e. The van der Waals surface area contributed by atoms with Gasteiger partial charge in [0.25, 0.3) is 15.9 Å². The molecule has 2 aromatic carbocycles. The van der Waals surface area contributed by atoms with Gasteiger partial charge in [0.05, 0.1) is 4.90 Å².